The molecule has 0 unspecified atom stereocenters. The van der Waals surface area contributed by atoms with Crippen LogP contribution in [-0.2, 0) is 11.8 Å². The van der Waals surface area contributed by atoms with Crippen LogP contribution in [0.4, 0.5) is 4.11 Å². The molecule has 0 fully saturated rings. The lowest BCUT2D eigenvalue weighted by molar-refractivity contribution is -0.119. The number of rotatable bonds is 4. The molecule has 7 heteroatoms. The molecule has 0 saturated carbocycles. The molecule has 0 bridgehead atoms. The molecule has 0 aliphatic carbocycles. The molecule has 1 amide bonds. The Labute approximate surface area is 149 Å². The summed E-state index contributed by atoms with van der Waals surface area (Å²) in [7, 11) is -1.55. The SMILES string of the molecule is Cn1c([Si](F)(C(C)(C)C)C(C)(C)C)cc2cc(OCC(N)=O)cnc21. The molecule has 0 aliphatic rings. The Kier molecular flexibility index (Phi) is 4.76. The minimum atomic E-state index is -3.40. The van der Waals surface area contributed by atoms with Crippen LogP contribution in [0.5, 0.6) is 5.75 Å². The van der Waals surface area contributed by atoms with Crippen LogP contribution in [-0.4, -0.2) is 30.5 Å². The predicted octanol–water partition coefficient (Wildman–Crippen LogP) is 3.16. The number of amides is 1. The average Bonchev–Trinajstić information content (AvgIpc) is 2.78. The third-order valence-electron chi connectivity index (χ3n) is 4.64. The molecular formula is C18H28FN3O2Si. The highest BCUT2D eigenvalue weighted by atomic mass is 28.4. The highest BCUT2D eigenvalue weighted by Crippen LogP contribution is 2.51. The van der Waals surface area contributed by atoms with Gasteiger partial charge in [0.2, 0.25) is 0 Å². The lowest BCUT2D eigenvalue weighted by Crippen LogP contribution is -2.60. The zero-order chi connectivity index (χ0) is 19.2. The van der Waals surface area contributed by atoms with E-state index in [1.165, 1.54) is 6.20 Å². The first kappa shape index (κ1) is 19.4. The highest BCUT2D eigenvalue weighted by Gasteiger charge is 2.58. The Balaban J connectivity index is 2.62. The Bertz CT molecular complexity index is 789. The van der Waals surface area contributed by atoms with Crippen LogP contribution in [0.2, 0.25) is 10.1 Å². The monoisotopic (exact) mass is 365 g/mol. The normalized spacial score (nSPS) is 13.3. The fourth-order valence-electron chi connectivity index (χ4n) is 3.66. The zero-order valence-corrected chi connectivity index (χ0v) is 17.1. The molecular weight excluding hydrogens is 337 g/mol. The van der Waals surface area contributed by atoms with Gasteiger partial charge in [-0.1, -0.05) is 41.5 Å². The van der Waals surface area contributed by atoms with Crippen molar-refractivity contribution in [1.82, 2.24) is 9.55 Å². The van der Waals surface area contributed by atoms with Crippen molar-refractivity contribution in [2.24, 2.45) is 12.8 Å². The van der Waals surface area contributed by atoms with Gasteiger partial charge in [-0.25, -0.2) is 4.98 Å². The summed E-state index contributed by atoms with van der Waals surface area (Å²) in [5.41, 5.74) is 5.80. The lowest BCUT2D eigenvalue weighted by atomic mass is 10.2. The van der Waals surface area contributed by atoms with Crippen LogP contribution in [0.1, 0.15) is 41.5 Å². The van der Waals surface area contributed by atoms with Gasteiger partial charge in [0.05, 0.1) is 6.20 Å². The van der Waals surface area contributed by atoms with Crippen LogP contribution >= 0.6 is 0 Å². The molecule has 25 heavy (non-hydrogen) atoms. The van der Waals surface area contributed by atoms with Crippen molar-refractivity contribution in [2.75, 3.05) is 6.61 Å². The van der Waals surface area contributed by atoms with Gasteiger partial charge in [0, 0.05) is 17.8 Å². The molecule has 0 saturated heterocycles. The number of ether oxygens (including phenoxy) is 1. The van der Waals surface area contributed by atoms with Crippen LogP contribution in [0.15, 0.2) is 18.3 Å². The maximum Gasteiger partial charge on any atom is 0.304 e. The molecule has 5 nitrogen and oxygen atoms in total. The van der Waals surface area contributed by atoms with E-state index in [0.717, 1.165) is 5.39 Å². The molecule has 0 spiro atoms. The van der Waals surface area contributed by atoms with Crippen LogP contribution in [0, 0.1) is 0 Å². The van der Waals surface area contributed by atoms with Crippen molar-refractivity contribution in [3.8, 4) is 5.75 Å². The molecule has 0 radical (unpaired) electrons. The standard InChI is InChI=1S/C18H28FN3O2Si/c1-17(2,3)25(19,18(4,5)6)15-9-12-8-13(24-11-14(20)23)10-21-16(12)22(15)7/h8-10H,11H2,1-7H3,(H2,20,23). The molecule has 2 heterocycles. The van der Waals surface area contributed by atoms with Crippen molar-refractivity contribution in [1.29, 1.82) is 0 Å². The number of aryl methyl sites for hydroxylation is 1. The van der Waals surface area contributed by atoms with Crippen LogP contribution in [0.25, 0.3) is 11.0 Å². The number of carbonyl (C=O) groups excluding carboxylic acids is 1. The maximum atomic E-state index is 16.6. The van der Waals surface area contributed by atoms with Gasteiger partial charge in [-0.15, -0.1) is 0 Å². The number of pyridine rings is 1. The number of aromatic nitrogens is 2. The fourth-order valence-corrected chi connectivity index (χ4v) is 8.37. The molecule has 2 aromatic heterocycles. The van der Waals surface area contributed by atoms with E-state index in [1.54, 1.807) is 6.07 Å². The second kappa shape index (κ2) is 6.12. The fraction of sp³-hybridized carbons (Fsp3) is 0.556. The summed E-state index contributed by atoms with van der Waals surface area (Å²) in [5, 5.41) is 0.557. The molecule has 138 valence electrons. The number of carbonyl (C=O) groups is 1. The minimum absolute atomic E-state index is 0.210. The summed E-state index contributed by atoms with van der Waals surface area (Å²) in [6, 6.07) is 3.65. The summed E-state index contributed by atoms with van der Waals surface area (Å²) >= 11 is 0. The average molecular weight is 366 g/mol. The van der Waals surface area contributed by atoms with E-state index >= 15 is 4.11 Å². The van der Waals surface area contributed by atoms with E-state index in [4.69, 9.17) is 10.5 Å². The topological polar surface area (TPSA) is 70.1 Å². The van der Waals surface area contributed by atoms with Crippen LogP contribution < -0.4 is 15.8 Å². The number of hydrogen-bond acceptors (Lipinski definition) is 3. The van der Waals surface area contributed by atoms with E-state index in [2.05, 4.69) is 4.98 Å². The largest absolute Gasteiger partial charge is 0.482 e. The van der Waals surface area contributed by atoms with Crippen molar-refractivity contribution in [3.63, 3.8) is 0 Å². The summed E-state index contributed by atoms with van der Waals surface area (Å²) < 4.78 is 23.8. The van der Waals surface area contributed by atoms with Gasteiger partial charge in [0.25, 0.3) is 5.91 Å². The summed E-state index contributed by atoms with van der Waals surface area (Å²) in [6.07, 6.45) is 1.53. The summed E-state index contributed by atoms with van der Waals surface area (Å²) in [5.74, 6) is -0.106. The van der Waals surface area contributed by atoms with Crippen molar-refractivity contribution in [2.45, 2.75) is 51.6 Å². The quantitative estimate of drug-likeness (QED) is 0.668. The molecule has 0 aliphatic heterocycles. The third-order valence-corrected chi connectivity index (χ3v) is 9.96. The minimum Gasteiger partial charge on any atom is -0.482 e. The second-order valence-electron chi connectivity index (χ2n) is 8.59. The maximum absolute atomic E-state index is 16.6. The Morgan fingerprint density at radius 3 is 2.28 bits per heavy atom. The van der Waals surface area contributed by atoms with E-state index in [0.29, 0.717) is 16.7 Å². The number of nitrogens with zero attached hydrogens (tertiary/aromatic N) is 2. The number of halogens is 1. The highest BCUT2D eigenvalue weighted by molar-refractivity contribution is 6.90. The number of hydrogen-bond donors (Lipinski definition) is 1. The van der Waals surface area contributed by atoms with Crippen LogP contribution in [0.3, 0.4) is 0 Å². The smallest absolute Gasteiger partial charge is 0.304 e. The molecule has 2 aromatic rings. The number of nitrogens with two attached hydrogens (primary N) is 1. The van der Waals surface area contributed by atoms with Crippen molar-refractivity contribution < 1.29 is 13.6 Å². The molecule has 2 N–H and O–H groups in total. The van der Waals surface area contributed by atoms with Gasteiger partial charge in [0.15, 0.2) is 6.61 Å². The van der Waals surface area contributed by atoms with Gasteiger partial charge < -0.3 is 19.1 Å². The molecule has 2 rings (SSSR count). The predicted molar refractivity (Wildman–Crippen MR) is 101 cm³/mol. The molecule has 0 atom stereocenters. The van der Waals surface area contributed by atoms with Gasteiger partial charge in [0.1, 0.15) is 11.4 Å². The number of primary amides is 1. The molecule has 0 aromatic carbocycles. The van der Waals surface area contributed by atoms with Crippen molar-refractivity contribution in [3.05, 3.63) is 18.3 Å². The van der Waals surface area contributed by atoms with Gasteiger partial charge in [-0.3, -0.25) is 4.79 Å². The van der Waals surface area contributed by atoms with E-state index in [1.807, 2.05) is 59.2 Å². The Hall–Kier alpha value is -1.89. The second-order valence-corrected chi connectivity index (χ2v) is 13.4. The Morgan fingerprint density at radius 2 is 1.80 bits per heavy atom. The Morgan fingerprint density at radius 1 is 1.24 bits per heavy atom. The summed E-state index contributed by atoms with van der Waals surface area (Å²) in [4.78, 5) is 15.3. The van der Waals surface area contributed by atoms with E-state index in [9.17, 15) is 4.79 Å². The zero-order valence-electron chi connectivity index (χ0n) is 16.1. The van der Waals surface area contributed by atoms with Gasteiger partial charge >= 0.3 is 8.41 Å². The first-order valence-corrected chi connectivity index (χ1v) is 10.2. The lowest BCUT2D eigenvalue weighted by Gasteiger charge is -2.44. The van der Waals surface area contributed by atoms with Gasteiger partial charge in [-0.2, -0.15) is 0 Å². The van der Waals surface area contributed by atoms with E-state index < -0.39 is 24.4 Å². The van der Waals surface area contributed by atoms with Crippen molar-refractivity contribution >= 4 is 30.7 Å². The first-order valence-electron chi connectivity index (χ1n) is 8.35. The van der Waals surface area contributed by atoms with Gasteiger partial charge in [-0.05, 0) is 22.2 Å². The first-order chi connectivity index (χ1) is 11.3. The third kappa shape index (κ3) is 3.29. The number of fused-ring (bicyclic) bond motifs is 1. The van der Waals surface area contributed by atoms with E-state index in [-0.39, 0.29) is 6.61 Å². The summed E-state index contributed by atoms with van der Waals surface area (Å²) in [6.45, 7) is 11.6.